The van der Waals surface area contributed by atoms with Crippen LogP contribution in [0.1, 0.15) is 0 Å². The molecule has 0 bridgehead atoms. The van der Waals surface area contributed by atoms with E-state index in [-0.39, 0.29) is 0 Å². The van der Waals surface area contributed by atoms with Gasteiger partial charge in [0.05, 0.1) is 0 Å². The van der Waals surface area contributed by atoms with Gasteiger partial charge in [0.25, 0.3) is 0 Å². The Morgan fingerprint density at radius 2 is 1.90 bits per heavy atom. The van der Waals surface area contributed by atoms with E-state index in [0.29, 0.717) is 0 Å². The Balaban J connectivity index is 2.73. The van der Waals surface area contributed by atoms with Crippen LogP contribution >= 0.6 is 0 Å². The number of carbonyl (C=O) groups excluding carboxylic acids is 2. The molecule has 6 atom stereocenters. The third-order valence-corrected chi connectivity index (χ3v) is 3.04. The number of hydrogen-bond donors (Lipinski definition) is 3. The van der Waals surface area contributed by atoms with Crippen molar-refractivity contribution < 1.29 is 49.6 Å². The van der Waals surface area contributed by atoms with Crippen LogP contribution in [0.5, 0.6) is 0 Å². The van der Waals surface area contributed by atoms with Gasteiger partial charge < -0.3 is 44.8 Å². The fraction of sp³-hybridized carbons (Fsp3) is 0.818. The molecule has 10 heteroatoms. The average Bonchev–Trinajstić information content (AvgIpc) is 2.46. The Bertz CT molecular complexity index is 377. The summed E-state index contributed by atoms with van der Waals surface area (Å²) in [5.41, 5.74) is 3.23. The third-order valence-electron chi connectivity index (χ3n) is 3.04. The summed E-state index contributed by atoms with van der Waals surface area (Å²) in [6, 6.07) is -1.24. The number of aliphatic hydroxyl groups is 2. The summed E-state index contributed by atoms with van der Waals surface area (Å²) in [6.07, 6.45) is -6.67. The van der Waals surface area contributed by atoms with E-state index in [9.17, 15) is 24.9 Å². The molecule has 1 fully saturated rings. The summed E-state index contributed by atoms with van der Waals surface area (Å²) < 4.78 is 19.6. The standard InChI is InChI=1S/C11H19NO9/c1-18-7-5(13)6(14)11(19-2)21-8(7)10(17)20-3-4(12)9(15)16/h4-8,11,13-14H,3,12H2,1-2H3,(H,15,16)/t4?,5-,6-,7+,8?,11?/m1/s1. The summed E-state index contributed by atoms with van der Waals surface area (Å²) in [5.74, 6) is -2.44. The van der Waals surface area contributed by atoms with E-state index in [2.05, 4.69) is 5.73 Å². The summed E-state index contributed by atoms with van der Waals surface area (Å²) in [7, 11) is 2.43. The van der Waals surface area contributed by atoms with E-state index < -0.39 is 55.3 Å². The zero-order valence-corrected chi connectivity index (χ0v) is 11.6. The van der Waals surface area contributed by atoms with Crippen LogP contribution in [-0.4, -0.2) is 79.7 Å². The Morgan fingerprint density at radius 3 is 2.38 bits per heavy atom. The number of carbonyl (C=O) groups is 2. The molecule has 1 saturated heterocycles. The molecule has 1 aliphatic rings. The van der Waals surface area contributed by atoms with Crippen LogP contribution in [0, 0.1) is 0 Å². The Kier molecular flexibility index (Phi) is 6.45. The first-order valence-corrected chi connectivity index (χ1v) is 6.11. The molecule has 1 heterocycles. The minimum Gasteiger partial charge on any atom is -0.544 e. The number of ether oxygens (including phenoxy) is 4. The number of esters is 1. The van der Waals surface area contributed by atoms with E-state index in [1.54, 1.807) is 0 Å². The van der Waals surface area contributed by atoms with E-state index >= 15 is 0 Å². The molecule has 0 radical (unpaired) electrons. The van der Waals surface area contributed by atoms with Crippen molar-refractivity contribution in [2.45, 2.75) is 36.7 Å². The number of methoxy groups -OCH3 is 2. The van der Waals surface area contributed by atoms with Gasteiger partial charge in [-0.2, -0.15) is 0 Å². The summed E-state index contributed by atoms with van der Waals surface area (Å²) >= 11 is 0. The van der Waals surface area contributed by atoms with Gasteiger partial charge in [-0.3, -0.25) is 0 Å². The van der Waals surface area contributed by atoms with Crippen molar-refractivity contribution in [3.8, 4) is 0 Å². The van der Waals surface area contributed by atoms with Gasteiger partial charge in [0.15, 0.2) is 18.4 Å². The number of aliphatic carboxylic acids is 1. The topological polar surface area (TPSA) is 162 Å². The Morgan fingerprint density at radius 1 is 1.29 bits per heavy atom. The van der Waals surface area contributed by atoms with Crippen LogP contribution in [0.3, 0.4) is 0 Å². The molecule has 3 unspecified atom stereocenters. The van der Waals surface area contributed by atoms with Crippen LogP contribution in [0.4, 0.5) is 0 Å². The second-order valence-corrected chi connectivity index (χ2v) is 4.49. The second kappa shape index (κ2) is 7.64. The predicted octanol–water partition coefficient (Wildman–Crippen LogP) is -5.00. The first-order valence-electron chi connectivity index (χ1n) is 6.11. The lowest BCUT2D eigenvalue weighted by molar-refractivity contribution is -0.441. The largest absolute Gasteiger partial charge is 0.544 e. The predicted molar refractivity (Wildman–Crippen MR) is 61.1 cm³/mol. The van der Waals surface area contributed by atoms with Gasteiger partial charge in [-0.15, -0.1) is 0 Å². The van der Waals surface area contributed by atoms with Crippen molar-refractivity contribution in [1.29, 1.82) is 0 Å². The lowest BCUT2D eigenvalue weighted by Crippen LogP contribution is -2.70. The molecule has 0 aliphatic carbocycles. The van der Waals surface area contributed by atoms with E-state index in [4.69, 9.17) is 18.9 Å². The first-order chi connectivity index (χ1) is 9.83. The van der Waals surface area contributed by atoms with Crippen molar-refractivity contribution in [2.24, 2.45) is 0 Å². The molecule has 1 aliphatic heterocycles. The highest BCUT2D eigenvalue weighted by atomic mass is 16.7. The van der Waals surface area contributed by atoms with Crippen LogP contribution in [0.2, 0.25) is 0 Å². The molecular weight excluding hydrogens is 290 g/mol. The Labute approximate surface area is 120 Å². The lowest BCUT2D eigenvalue weighted by Gasteiger charge is -2.40. The fourth-order valence-corrected chi connectivity index (χ4v) is 1.82. The van der Waals surface area contributed by atoms with Crippen molar-refractivity contribution >= 4 is 11.9 Å². The van der Waals surface area contributed by atoms with Crippen LogP contribution in [0.25, 0.3) is 0 Å². The maximum Gasteiger partial charge on any atom is 0.338 e. The minimum atomic E-state index is -1.47. The summed E-state index contributed by atoms with van der Waals surface area (Å²) in [6.45, 7) is -0.520. The molecule has 0 aromatic rings. The summed E-state index contributed by atoms with van der Waals surface area (Å²) in [5, 5.41) is 30.1. The molecular formula is C11H19NO9. The molecule has 0 spiro atoms. The maximum absolute atomic E-state index is 11.9. The normalized spacial score (nSPS) is 34.2. The first kappa shape index (κ1) is 17.8. The van der Waals surface area contributed by atoms with E-state index in [0.717, 1.165) is 0 Å². The highest BCUT2D eigenvalue weighted by molar-refractivity contribution is 5.76. The Hall–Kier alpha value is -1.30. The maximum atomic E-state index is 11.9. The van der Waals surface area contributed by atoms with E-state index in [1.807, 2.05) is 0 Å². The van der Waals surface area contributed by atoms with E-state index in [1.165, 1.54) is 14.2 Å². The number of hydrogen-bond acceptors (Lipinski definition) is 9. The van der Waals surface area contributed by atoms with Crippen LogP contribution < -0.4 is 10.8 Å². The van der Waals surface area contributed by atoms with Crippen molar-refractivity contribution in [1.82, 2.24) is 0 Å². The highest BCUT2D eigenvalue weighted by Gasteiger charge is 2.48. The quantitative estimate of drug-likeness (QED) is 0.408. The zero-order valence-electron chi connectivity index (χ0n) is 11.6. The van der Waals surface area contributed by atoms with Crippen molar-refractivity contribution in [3.63, 3.8) is 0 Å². The van der Waals surface area contributed by atoms with Gasteiger partial charge in [-0.25, -0.2) is 4.79 Å². The van der Waals surface area contributed by atoms with Crippen molar-refractivity contribution in [3.05, 3.63) is 0 Å². The highest BCUT2D eigenvalue weighted by Crippen LogP contribution is 2.24. The molecule has 122 valence electrons. The smallest absolute Gasteiger partial charge is 0.338 e. The summed E-state index contributed by atoms with van der Waals surface area (Å²) in [4.78, 5) is 22.4. The van der Waals surface area contributed by atoms with Crippen LogP contribution in [-0.2, 0) is 28.5 Å². The van der Waals surface area contributed by atoms with Gasteiger partial charge in [0.2, 0.25) is 0 Å². The van der Waals surface area contributed by atoms with Gasteiger partial charge in [-0.1, -0.05) is 0 Å². The molecule has 10 nitrogen and oxygen atoms in total. The van der Waals surface area contributed by atoms with Gasteiger partial charge in [-0.05, 0) is 0 Å². The minimum absolute atomic E-state index is 0.520. The monoisotopic (exact) mass is 309 g/mol. The third kappa shape index (κ3) is 4.09. The molecule has 1 rings (SSSR count). The molecule has 0 saturated carbocycles. The number of carboxylic acids is 1. The van der Waals surface area contributed by atoms with Crippen molar-refractivity contribution in [2.75, 3.05) is 20.8 Å². The SMILES string of the molecule is COC1OC(C(=O)OCC([NH3+])C(=O)[O-])[C@@H](OC)[C@H](O)[C@H]1O. The number of rotatable bonds is 6. The fourth-order valence-electron chi connectivity index (χ4n) is 1.82. The number of aliphatic hydroxyl groups excluding tert-OH is 2. The number of quaternary nitrogens is 1. The molecule has 21 heavy (non-hydrogen) atoms. The second-order valence-electron chi connectivity index (χ2n) is 4.49. The van der Waals surface area contributed by atoms with Crippen LogP contribution in [0.15, 0.2) is 0 Å². The molecule has 0 aromatic heterocycles. The average molecular weight is 309 g/mol. The number of carboxylic acid groups (broad SMARTS) is 1. The zero-order chi connectivity index (χ0) is 16.2. The molecule has 0 aromatic carbocycles. The lowest BCUT2D eigenvalue weighted by atomic mass is 9.98. The molecule has 0 amide bonds. The van der Waals surface area contributed by atoms with Gasteiger partial charge in [0, 0.05) is 14.2 Å². The van der Waals surface area contributed by atoms with Gasteiger partial charge >= 0.3 is 5.97 Å². The van der Waals surface area contributed by atoms with Gasteiger partial charge in [0.1, 0.15) is 30.9 Å². The molecule has 5 N–H and O–H groups in total.